The molecule has 1 N–H and O–H groups in total. The molecule has 0 fully saturated rings. The fourth-order valence-electron chi connectivity index (χ4n) is 3.35. The van der Waals surface area contributed by atoms with Gasteiger partial charge in [-0.05, 0) is 27.2 Å². The Morgan fingerprint density at radius 1 is 0.537 bits per heavy atom. The average molecular weight is 616 g/mol. The molecule has 246 valence electrons. The van der Waals surface area contributed by atoms with E-state index in [0.29, 0.717) is 138 Å². The molecule has 0 aromatic rings. The van der Waals surface area contributed by atoms with Gasteiger partial charge in [0.15, 0.2) is 0 Å². The SMILES string of the molecule is CCO[Si](CCCNC(=O)CCOCCOCCOCCOCCOCCOCCOCCOC)(OCC)OCC. The van der Waals surface area contributed by atoms with Crippen LogP contribution in [0.25, 0.3) is 0 Å². The number of carbonyl (C=O) groups is 1. The fourth-order valence-corrected chi connectivity index (χ4v) is 5.96. The van der Waals surface area contributed by atoms with Crippen LogP contribution in [0.5, 0.6) is 0 Å². The van der Waals surface area contributed by atoms with Gasteiger partial charge >= 0.3 is 8.80 Å². The van der Waals surface area contributed by atoms with Crippen LogP contribution in [0, 0.1) is 0 Å². The molecule has 0 bridgehead atoms. The van der Waals surface area contributed by atoms with E-state index in [1.165, 1.54) is 0 Å². The van der Waals surface area contributed by atoms with Crippen molar-refractivity contribution in [3.63, 3.8) is 0 Å². The van der Waals surface area contributed by atoms with Crippen molar-refractivity contribution in [2.75, 3.05) is 133 Å². The minimum Gasteiger partial charge on any atom is -0.382 e. The van der Waals surface area contributed by atoms with E-state index in [2.05, 4.69) is 5.32 Å². The summed E-state index contributed by atoms with van der Waals surface area (Å²) in [6, 6.07) is 0.673. The van der Waals surface area contributed by atoms with Crippen LogP contribution in [0.1, 0.15) is 33.6 Å². The standard InChI is InChI=1S/C27H57NO12Si/c1-5-38-41(39-6-2,40-7-3)26-8-10-28-27(29)9-11-31-14-15-33-18-19-35-22-23-37-25-24-36-21-20-34-17-16-32-13-12-30-4/h5-26H2,1-4H3,(H,28,29). The zero-order chi connectivity index (χ0) is 30.1. The number of amides is 1. The Hall–Kier alpha value is -0.753. The zero-order valence-corrected chi connectivity index (χ0v) is 27.0. The smallest absolute Gasteiger partial charge is 0.382 e. The highest BCUT2D eigenvalue weighted by Gasteiger charge is 2.39. The fraction of sp³-hybridized carbons (Fsp3) is 0.963. The summed E-state index contributed by atoms with van der Waals surface area (Å²) in [4.78, 5) is 12.0. The molecule has 0 aliphatic heterocycles. The molecule has 0 heterocycles. The van der Waals surface area contributed by atoms with Gasteiger partial charge in [-0.25, -0.2) is 0 Å². The predicted molar refractivity (Wildman–Crippen MR) is 155 cm³/mol. The molecule has 1 amide bonds. The Morgan fingerprint density at radius 2 is 0.878 bits per heavy atom. The van der Waals surface area contributed by atoms with Crippen molar-refractivity contribution in [1.29, 1.82) is 0 Å². The minimum absolute atomic E-state index is 0.0470. The van der Waals surface area contributed by atoms with E-state index < -0.39 is 8.80 Å². The van der Waals surface area contributed by atoms with Crippen LogP contribution in [0.3, 0.4) is 0 Å². The predicted octanol–water partition coefficient (Wildman–Crippen LogP) is 1.69. The van der Waals surface area contributed by atoms with Gasteiger partial charge in [0.05, 0.1) is 99.1 Å². The molecular weight excluding hydrogens is 558 g/mol. The van der Waals surface area contributed by atoms with E-state index in [9.17, 15) is 4.79 Å². The van der Waals surface area contributed by atoms with Crippen molar-refractivity contribution < 1.29 is 56.0 Å². The lowest BCUT2D eigenvalue weighted by molar-refractivity contribution is -0.122. The number of methoxy groups -OCH3 is 1. The number of nitrogens with one attached hydrogen (secondary N) is 1. The number of rotatable bonds is 34. The Morgan fingerprint density at radius 3 is 1.22 bits per heavy atom. The highest BCUT2D eigenvalue weighted by molar-refractivity contribution is 6.60. The van der Waals surface area contributed by atoms with E-state index in [-0.39, 0.29) is 5.91 Å². The first-order valence-corrected chi connectivity index (χ1v) is 16.8. The Bertz CT molecular complexity index is 533. The molecule has 0 radical (unpaired) electrons. The van der Waals surface area contributed by atoms with E-state index in [1.54, 1.807) is 7.11 Å². The zero-order valence-electron chi connectivity index (χ0n) is 26.0. The molecule has 0 aliphatic rings. The van der Waals surface area contributed by atoms with Crippen LogP contribution >= 0.6 is 0 Å². The molecule has 0 spiro atoms. The van der Waals surface area contributed by atoms with Gasteiger partial charge in [-0.1, -0.05) is 0 Å². The monoisotopic (exact) mass is 615 g/mol. The summed E-state index contributed by atoms with van der Waals surface area (Å²) in [5.74, 6) is -0.0470. The summed E-state index contributed by atoms with van der Waals surface area (Å²) in [6.45, 7) is 15.5. The molecule has 0 aliphatic carbocycles. The quantitative estimate of drug-likeness (QED) is 0.0835. The maximum atomic E-state index is 12.0. The highest BCUT2D eigenvalue weighted by atomic mass is 28.4. The lowest BCUT2D eigenvalue weighted by atomic mass is 10.4. The van der Waals surface area contributed by atoms with Gasteiger partial charge in [0.1, 0.15) is 0 Å². The van der Waals surface area contributed by atoms with E-state index >= 15 is 0 Å². The Labute approximate surface area is 248 Å². The maximum Gasteiger partial charge on any atom is 0.500 e. The summed E-state index contributed by atoms with van der Waals surface area (Å²) in [7, 11) is -1.02. The number of hydrogen-bond acceptors (Lipinski definition) is 12. The normalized spacial score (nSPS) is 11.8. The average Bonchev–Trinajstić information content (AvgIpc) is 2.96. The van der Waals surface area contributed by atoms with Crippen LogP contribution in [0.4, 0.5) is 0 Å². The second kappa shape index (κ2) is 32.2. The van der Waals surface area contributed by atoms with E-state index in [4.69, 9.17) is 51.2 Å². The third-order valence-electron chi connectivity index (χ3n) is 5.21. The van der Waals surface area contributed by atoms with Gasteiger partial charge in [-0.3, -0.25) is 4.79 Å². The molecule has 0 aromatic heterocycles. The van der Waals surface area contributed by atoms with Gasteiger partial charge in [0.25, 0.3) is 0 Å². The van der Waals surface area contributed by atoms with Crippen LogP contribution in [-0.2, 0) is 56.0 Å². The first kappa shape index (κ1) is 40.2. The van der Waals surface area contributed by atoms with Crippen molar-refractivity contribution in [3.05, 3.63) is 0 Å². The molecule has 14 heteroatoms. The lowest BCUT2D eigenvalue weighted by Gasteiger charge is -2.28. The molecule has 0 aromatic carbocycles. The van der Waals surface area contributed by atoms with Gasteiger partial charge in [-0.15, -0.1) is 0 Å². The van der Waals surface area contributed by atoms with Crippen LogP contribution in [0.15, 0.2) is 0 Å². The van der Waals surface area contributed by atoms with Crippen LogP contribution < -0.4 is 5.32 Å². The number of ether oxygens (including phenoxy) is 8. The van der Waals surface area contributed by atoms with Crippen LogP contribution in [-0.4, -0.2) is 147 Å². The second-order valence-corrected chi connectivity index (χ2v) is 11.2. The third-order valence-corrected chi connectivity index (χ3v) is 8.36. The molecular formula is C27H57NO12Si. The van der Waals surface area contributed by atoms with Gasteiger partial charge in [-0.2, -0.15) is 0 Å². The highest BCUT2D eigenvalue weighted by Crippen LogP contribution is 2.17. The van der Waals surface area contributed by atoms with Gasteiger partial charge in [0, 0.05) is 45.9 Å². The van der Waals surface area contributed by atoms with Gasteiger partial charge in [0.2, 0.25) is 5.91 Å². The first-order valence-electron chi connectivity index (χ1n) is 14.9. The second-order valence-electron chi connectivity index (χ2n) is 8.46. The molecule has 0 saturated carbocycles. The lowest BCUT2D eigenvalue weighted by Crippen LogP contribution is -2.46. The van der Waals surface area contributed by atoms with Crippen molar-refractivity contribution >= 4 is 14.7 Å². The topological polar surface area (TPSA) is 131 Å². The van der Waals surface area contributed by atoms with Crippen molar-refractivity contribution in [2.24, 2.45) is 0 Å². The minimum atomic E-state index is -2.66. The molecule has 0 rings (SSSR count). The van der Waals surface area contributed by atoms with E-state index in [0.717, 1.165) is 6.42 Å². The third kappa shape index (κ3) is 27.8. The maximum absolute atomic E-state index is 12.0. The molecule has 0 saturated heterocycles. The Balaban J connectivity index is 3.38. The van der Waals surface area contributed by atoms with Crippen molar-refractivity contribution in [1.82, 2.24) is 5.32 Å². The van der Waals surface area contributed by atoms with Crippen LogP contribution in [0.2, 0.25) is 6.04 Å². The number of carbonyl (C=O) groups excluding carboxylic acids is 1. The summed E-state index contributed by atoms with van der Waals surface area (Å²) in [5, 5.41) is 2.91. The molecule has 0 unspecified atom stereocenters. The summed E-state index contributed by atoms with van der Waals surface area (Å²) in [5.41, 5.74) is 0. The molecule has 0 atom stereocenters. The Kier molecular flexibility index (Phi) is 31.6. The van der Waals surface area contributed by atoms with E-state index in [1.807, 2.05) is 20.8 Å². The number of hydrogen-bond donors (Lipinski definition) is 1. The first-order chi connectivity index (χ1) is 20.1. The van der Waals surface area contributed by atoms with Crippen molar-refractivity contribution in [2.45, 2.75) is 39.7 Å². The summed E-state index contributed by atoms with van der Waals surface area (Å²) in [6.07, 6.45) is 1.04. The van der Waals surface area contributed by atoms with Crippen molar-refractivity contribution in [3.8, 4) is 0 Å². The molecule has 13 nitrogen and oxygen atoms in total. The van der Waals surface area contributed by atoms with Gasteiger partial charge < -0.3 is 56.5 Å². The summed E-state index contributed by atoms with van der Waals surface area (Å²) >= 11 is 0. The summed E-state index contributed by atoms with van der Waals surface area (Å²) < 4.78 is 60.3. The molecule has 41 heavy (non-hydrogen) atoms. The largest absolute Gasteiger partial charge is 0.500 e.